The minimum atomic E-state index is -0.144. The van der Waals surface area contributed by atoms with E-state index in [1.54, 1.807) is 13.2 Å². The third-order valence-corrected chi connectivity index (χ3v) is 3.86. The summed E-state index contributed by atoms with van der Waals surface area (Å²) in [6.45, 7) is 3.32. The van der Waals surface area contributed by atoms with Crippen LogP contribution >= 0.6 is 0 Å². The molecule has 1 aromatic heterocycles. The lowest BCUT2D eigenvalue weighted by atomic mass is 9.82. The Morgan fingerprint density at radius 3 is 3.05 bits per heavy atom. The predicted octanol–water partition coefficient (Wildman–Crippen LogP) is 2.68. The van der Waals surface area contributed by atoms with E-state index in [1.165, 1.54) is 25.7 Å². The van der Waals surface area contributed by atoms with Gasteiger partial charge in [-0.2, -0.15) is 0 Å². The number of hydrogen-bond donors (Lipinski definition) is 2. The minimum Gasteiger partial charge on any atom is -0.385 e. The summed E-state index contributed by atoms with van der Waals surface area (Å²) in [5.41, 5.74) is 1.44. The van der Waals surface area contributed by atoms with Crippen LogP contribution in [0, 0.1) is 11.8 Å². The van der Waals surface area contributed by atoms with Crippen LogP contribution in [-0.4, -0.2) is 24.5 Å². The molecule has 4 nitrogen and oxygen atoms in total. The lowest BCUT2D eigenvalue weighted by Gasteiger charge is -2.27. The van der Waals surface area contributed by atoms with Crippen molar-refractivity contribution in [2.75, 3.05) is 18.9 Å². The van der Waals surface area contributed by atoms with Gasteiger partial charge in [0.05, 0.1) is 0 Å². The monoisotopic (exact) mass is 261 g/mol. The predicted molar refractivity (Wildman–Crippen MR) is 77.2 cm³/mol. The fourth-order valence-electron chi connectivity index (χ4n) is 2.80. The largest absolute Gasteiger partial charge is 0.385 e. The summed E-state index contributed by atoms with van der Waals surface area (Å²) in [5, 5.41) is 6.02. The van der Waals surface area contributed by atoms with E-state index in [4.69, 9.17) is 0 Å². The molecule has 1 saturated carbocycles. The smallest absolute Gasteiger partial charge is 0.269 e. The number of amides is 1. The van der Waals surface area contributed by atoms with Crippen molar-refractivity contribution in [2.45, 2.75) is 32.6 Å². The highest BCUT2D eigenvalue weighted by molar-refractivity contribution is 5.92. The summed E-state index contributed by atoms with van der Waals surface area (Å²) in [6, 6.07) is 3.73. The van der Waals surface area contributed by atoms with Gasteiger partial charge in [0.1, 0.15) is 5.69 Å². The first kappa shape index (κ1) is 13.8. The third-order valence-electron chi connectivity index (χ3n) is 3.86. The first-order chi connectivity index (χ1) is 9.19. The number of aromatic nitrogens is 1. The molecular formula is C15H23N3O. The van der Waals surface area contributed by atoms with E-state index in [0.717, 1.165) is 24.1 Å². The molecule has 2 rings (SSSR count). The maximum absolute atomic E-state index is 11.5. The van der Waals surface area contributed by atoms with Gasteiger partial charge in [0.25, 0.3) is 5.91 Å². The van der Waals surface area contributed by atoms with Crippen molar-refractivity contribution < 1.29 is 4.79 Å². The second kappa shape index (κ2) is 6.55. The van der Waals surface area contributed by atoms with Gasteiger partial charge >= 0.3 is 0 Å². The summed E-state index contributed by atoms with van der Waals surface area (Å²) >= 11 is 0. The standard InChI is InChI=1S/C15H23N3O/c1-11-4-3-5-12(8-11)10-18-13-6-7-17-14(9-13)15(19)16-2/h6-7,9,11-12H,3-5,8,10H2,1-2H3,(H,16,19)(H,17,18). The number of hydrogen-bond acceptors (Lipinski definition) is 3. The normalized spacial score (nSPS) is 22.8. The topological polar surface area (TPSA) is 54.0 Å². The summed E-state index contributed by atoms with van der Waals surface area (Å²) < 4.78 is 0. The summed E-state index contributed by atoms with van der Waals surface area (Å²) in [6.07, 6.45) is 7.00. The van der Waals surface area contributed by atoms with E-state index in [2.05, 4.69) is 22.5 Å². The van der Waals surface area contributed by atoms with Crippen molar-refractivity contribution in [3.05, 3.63) is 24.0 Å². The molecule has 2 N–H and O–H groups in total. The second-order valence-corrected chi connectivity index (χ2v) is 5.53. The number of carbonyl (C=O) groups excluding carboxylic acids is 1. The molecule has 19 heavy (non-hydrogen) atoms. The van der Waals surface area contributed by atoms with Gasteiger partial charge in [-0.3, -0.25) is 9.78 Å². The van der Waals surface area contributed by atoms with Crippen LogP contribution in [0.1, 0.15) is 43.1 Å². The zero-order chi connectivity index (χ0) is 13.7. The van der Waals surface area contributed by atoms with Gasteiger partial charge < -0.3 is 10.6 Å². The molecule has 0 saturated heterocycles. The molecule has 0 aromatic carbocycles. The molecule has 1 aromatic rings. The highest BCUT2D eigenvalue weighted by Crippen LogP contribution is 2.28. The van der Waals surface area contributed by atoms with Crippen LogP contribution in [0.4, 0.5) is 5.69 Å². The Bertz CT molecular complexity index is 433. The SMILES string of the molecule is CNC(=O)c1cc(NCC2CCCC(C)C2)ccn1. The lowest BCUT2D eigenvalue weighted by molar-refractivity contribution is 0.0958. The Hall–Kier alpha value is -1.58. The Labute approximate surface area is 115 Å². The highest BCUT2D eigenvalue weighted by atomic mass is 16.1. The first-order valence-corrected chi connectivity index (χ1v) is 7.11. The molecule has 0 spiro atoms. The van der Waals surface area contributed by atoms with Gasteiger partial charge in [-0.1, -0.05) is 19.8 Å². The van der Waals surface area contributed by atoms with Crippen LogP contribution in [0.25, 0.3) is 0 Å². The molecule has 1 fully saturated rings. The fourth-order valence-corrected chi connectivity index (χ4v) is 2.80. The second-order valence-electron chi connectivity index (χ2n) is 5.53. The van der Waals surface area contributed by atoms with Crippen molar-refractivity contribution in [3.8, 4) is 0 Å². The van der Waals surface area contributed by atoms with E-state index in [0.29, 0.717) is 5.69 Å². The summed E-state index contributed by atoms with van der Waals surface area (Å²) in [4.78, 5) is 15.6. The van der Waals surface area contributed by atoms with Crippen LogP contribution in [-0.2, 0) is 0 Å². The van der Waals surface area contributed by atoms with Gasteiger partial charge in [0, 0.05) is 25.5 Å². The average Bonchev–Trinajstić information content (AvgIpc) is 2.45. The fraction of sp³-hybridized carbons (Fsp3) is 0.600. The average molecular weight is 261 g/mol. The molecule has 4 heteroatoms. The van der Waals surface area contributed by atoms with Crippen molar-refractivity contribution in [2.24, 2.45) is 11.8 Å². The molecule has 1 amide bonds. The number of rotatable bonds is 4. The zero-order valence-electron chi connectivity index (χ0n) is 11.8. The molecule has 1 aliphatic rings. The minimum absolute atomic E-state index is 0.144. The van der Waals surface area contributed by atoms with Crippen molar-refractivity contribution in [1.82, 2.24) is 10.3 Å². The van der Waals surface area contributed by atoms with Crippen molar-refractivity contribution >= 4 is 11.6 Å². The molecule has 0 radical (unpaired) electrons. The Kier molecular flexibility index (Phi) is 4.77. The van der Waals surface area contributed by atoms with Crippen LogP contribution < -0.4 is 10.6 Å². The van der Waals surface area contributed by atoms with Gasteiger partial charge in [-0.25, -0.2) is 0 Å². The number of carbonyl (C=O) groups is 1. The summed E-state index contributed by atoms with van der Waals surface area (Å²) in [7, 11) is 1.62. The van der Waals surface area contributed by atoms with Gasteiger partial charge in [0.2, 0.25) is 0 Å². The number of pyridine rings is 1. The number of nitrogens with one attached hydrogen (secondary N) is 2. The van der Waals surface area contributed by atoms with E-state index >= 15 is 0 Å². The molecule has 1 heterocycles. The van der Waals surface area contributed by atoms with E-state index in [9.17, 15) is 4.79 Å². The zero-order valence-corrected chi connectivity index (χ0v) is 11.8. The Morgan fingerprint density at radius 2 is 2.32 bits per heavy atom. The molecule has 1 aliphatic carbocycles. The number of anilines is 1. The molecule has 0 bridgehead atoms. The van der Waals surface area contributed by atoms with Crippen molar-refractivity contribution in [1.29, 1.82) is 0 Å². The summed E-state index contributed by atoms with van der Waals surface area (Å²) in [5.74, 6) is 1.45. The quantitative estimate of drug-likeness (QED) is 0.876. The van der Waals surface area contributed by atoms with Gasteiger partial charge in [0.15, 0.2) is 0 Å². The molecule has 0 aliphatic heterocycles. The lowest BCUT2D eigenvalue weighted by Crippen LogP contribution is -2.22. The van der Waals surface area contributed by atoms with E-state index in [-0.39, 0.29) is 5.91 Å². The number of nitrogens with zero attached hydrogens (tertiary/aromatic N) is 1. The Balaban J connectivity index is 1.90. The van der Waals surface area contributed by atoms with Crippen LogP contribution in [0.3, 0.4) is 0 Å². The third kappa shape index (κ3) is 3.94. The highest BCUT2D eigenvalue weighted by Gasteiger charge is 2.18. The maximum atomic E-state index is 11.5. The maximum Gasteiger partial charge on any atom is 0.269 e. The molecule has 2 atom stereocenters. The van der Waals surface area contributed by atoms with Crippen LogP contribution in [0.5, 0.6) is 0 Å². The van der Waals surface area contributed by atoms with Crippen molar-refractivity contribution in [3.63, 3.8) is 0 Å². The van der Waals surface area contributed by atoms with Crippen LogP contribution in [0.15, 0.2) is 18.3 Å². The van der Waals surface area contributed by atoms with Gasteiger partial charge in [-0.15, -0.1) is 0 Å². The first-order valence-electron chi connectivity index (χ1n) is 7.11. The molecule has 104 valence electrons. The molecular weight excluding hydrogens is 238 g/mol. The molecule has 2 unspecified atom stereocenters. The Morgan fingerprint density at radius 1 is 1.47 bits per heavy atom. The van der Waals surface area contributed by atoms with E-state index < -0.39 is 0 Å². The van der Waals surface area contributed by atoms with Gasteiger partial charge in [-0.05, 0) is 36.8 Å². The van der Waals surface area contributed by atoms with E-state index in [1.807, 2.05) is 12.1 Å². The van der Waals surface area contributed by atoms with Crippen LogP contribution in [0.2, 0.25) is 0 Å².